The predicted octanol–water partition coefficient (Wildman–Crippen LogP) is 3.43. The first kappa shape index (κ1) is 16.2. The van der Waals surface area contributed by atoms with Crippen LogP contribution >= 0.6 is 11.6 Å². The van der Waals surface area contributed by atoms with E-state index in [9.17, 15) is 0 Å². The second-order valence-corrected chi connectivity index (χ2v) is 6.55. The molecule has 130 valence electrons. The highest BCUT2D eigenvalue weighted by molar-refractivity contribution is 6.31. The highest BCUT2D eigenvalue weighted by Crippen LogP contribution is 2.39. The minimum atomic E-state index is -0.0734. The van der Waals surface area contributed by atoms with E-state index in [0.717, 1.165) is 35.9 Å². The zero-order valence-electron chi connectivity index (χ0n) is 14.1. The molecule has 2 heterocycles. The van der Waals surface area contributed by atoms with Gasteiger partial charge in [0.05, 0.1) is 25.8 Å². The molecule has 2 N–H and O–H groups in total. The molecule has 1 atom stereocenters. The Bertz CT molecular complexity index is 932. The van der Waals surface area contributed by atoms with Crippen molar-refractivity contribution < 1.29 is 9.47 Å². The Morgan fingerprint density at radius 3 is 2.56 bits per heavy atom. The van der Waals surface area contributed by atoms with Gasteiger partial charge in [-0.05, 0) is 43.0 Å². The monoisotopic (exact) mass is 358 g/mol. The molecular formula is C18H19ClN4O2. The minimum Gasteiger partial charge on any atom is -0.481 e. The zero-order valence-corrected chi connectivity index (χ0v) is 14.9. The summed E-state index contributed by atoms with van der Waals surface area (Å²) in [5.41, 5.74) is 9.71. The summed E-state index contributed by atoms with van der Waals surface area (Å²) in [4.78, 5) is 9.04. The second-order valence-electron chi connectivity index (χ2n) is 6.11. The van der Waals surface area contributed by atoms with Crippen molar-refractivity contribution in [2.75, 3.05) is 14.2 Å². The largest absolute Gasteiger partial charge is 0.481 e. The van der Waals surface area contributed by atoms with Crippen LogP contribution < -0.4 is 15.2 Å². The van der Waals surface area contributed by atoms with Gasteiger partial charge in [-0.2, -0.15) is 9.97 Å². The Labute approximate surface area is 150 Å². The quantitative estimate of drug-likeness (QED) is 0.776. The van der Waals surface area contributed by atoms with Crippen LogP contribution in [-0.4, -0.2) is 28.8 Å². The average Bonchev–Trinajstić information content (AvgIpc) is 2.96. The molecule has 25 heavy (non-hydrogen) atoms. The Balaban J connectivity index is 2.06. The van der Waals surface area contributed by atoms with E-state index in [1.165, 1.54) is 5.56 Å². The van der Waals surface area contributed by atoms with Gasteiger partial charge in [-0.15, -0.1) is 0 Å². The van der Waals surface area contributed by atoms with Crippen LogP contribution in [0, 0.1) is 0 Å². The van der Waals surface area contributed by atoms with Crippen LogP contribution in [0.5, 0.6) is 11.8 Å². The Hall–Kier alpha value is -2.31. The van der Waals surface area contributed by atoms with Gasteiger partial charge in [-0.1, -0.05) is 11.6 Å². The highest BCUT2D eigenvalue weighted by atomic mass is 35.5. The predicted molar refractivity (Wildman–Crippen MR) is 96.8 cm³/mol. The molecule has 1 aliphatic rings. The fourth-order valence-corrected chi connectivity index (χ4v) is 3.72. The van der Waals surface area contributed by atoms with Gasteiger partial charge in [-0.25, -0.2) is 0 Å². The lowest BCUT2D eigenvalue weighted by Crippen LogP contribution is -2.21. The molecule has 0 radical (unpaired) electrons. The number of fused-ring (bicyclic) bond motifs is 3. The topological polar surface area (TPSA) is 75.2 Å². The van der Waals surface area contributed by atoms with Gasteiger partial charge in [0.15, 0.2) is 0 Å². The number of hydrogen-bond donors (Lipinski definition) is 1. The number of nitrogens with zero attached hydrogens (tertiary/aromatic N) is 3. The van der Waals surface area contributed by atoms with Gasteiger partial charge >= 0.3 is 0 Å². The molecule has 0 amide bonds. The van der Waals surface area contributed by atoms with E-state index in [0.29, 0.717) is 22.7 Å². The Morgan fingerprint density at radius 1 is 1.16 bits per heavy atom. The molecule has 1 aromatic carbocycles. The standard InChI is InChI=1S/C18H19ClN4O2/c1-24-15-9-16(25-2)22-18(21-15)23-14-7-6-10(19)8-12(14)11-4-3-5-13(20)17(11)23/h6-9,13H,3-5,20H2,1-2H3. The first-order valence-electron chi connectivity index (χ1n) is 8.18. The number of benzene rings is 1. The van der Waals surface area contributed by atoms with Crippen molar-refractivity contribution in [3.63, 3.8) is 0 Å². The van der Waals surface area contributed by atoms with E-state index in [2.05, 4.69) is 9.97 Å². The fraction of sp³-hybridized carbons (Fsp3) is 0.333. The summed E-state index contributed by atoms with van der Waals surface area (Å²) in [7, 11) is 3.14. The molecule has 7 heteroatoms. The molecule has 3 aromatic rings. The van der Waals surface area contributed by atoms with Crippen molar-refractivity contribution in [3.8, 4) is 17.7 Å². The van der Waals surface area contributed by atoms with Crippen LogP contribution in [0.25, 0.3) is 16.9 Å². The molecule has 0 aliphatic heterocycles. The van der Waals surface area contributed by atoms with Crippen LogP contribution in [0.2, 0.25) is 5.02 Å². The van der Waals surface area contributed by atoms with Crippen molar-refractivity contribution in [3.05, 3.63) is 40.5 Å². The van der Waals surface area contributed by atoms with Gasteiger partial charge in [0.2, 0.25) is 17.7 Å². The number of hydrogen-bond acceptors (Lipinski definition) is 5. The van der Waals surface area contributed by atoms with Crippen molar-refractivity contribution >= 4 is 22.5 Å². The summed E-state index contributed by atoms with van der Waals surface area (Å²) >= 11 is 6.24. The van der Waals surface area contributed by atoms with E-state index in [1.54, 1.807) is 20.3 Å². The third-order valence-electron chi connectivity index (χ3n) is 4.65. The van der Waals surface area contributed by atoms with Crippen LogP contribution in [0.15, 0.2) is 24.3 Å². The lowest BCUT2D eigenvalue weighted by Gasteiger charge is -2.21. The smallest absolute Gasteiger partial charge is 0.241 e. The maximum Gasteiger partial charge on any atom is 0.241 e. The summed E-state index contributed by atoms with van der Waals surface area (Å²) < 4.78 is 12.6. The maximum absolute atomic E-state index is 6.46. The number of ether oxygens (including phenoxy) is 2. The Morgan fingerprint density at radius 2 is 1.88 bits per heavy atom. The SMILES string of the molecule is COc1cc(OC)nc(-n2c3c(c4cc(Cl)ccc42)CCCC3N)n1. The molecule has 0 saturated heterocycles. The summed E-state index contributed by atoms with van der Waals surface area (Å²) in [6.45, 7) is 0. The normalized spacial score (nSPS) is 16.7. The lowest BCUT2D eigenvalue weighted by atomic mass is 9.92. The molecule has 0 fully saturated rings. The molecule has 2 aromatic heterocycles. The van der Waals surface area contributed by atoms with E-state index in [1.807, 2.05) is 22.8 Å². The van der Waals surface area contributed by atoms with Crippen molar-refractivity contribution in [1.82, 2.24) is 14.5 Å². The Kier molecular flexibility index (Phi) is 4.01. The first-order chi connectivity index (χ1) is 12.1. The fourth-order valence-electron chi connectivity index (χ4n) is 3.55. The van der Waals surface area contributed by atoms with E-state index in [-0.39, 0.29) is 6.04 Å². The van der Waals surface area contributed by atoms with Crippen molar-refractivity contribution in [1.29, 1.82) is 0 Å². The second kappa shape index (κ2) is 6.20. The molecule has 0 saturated carbocycles. The van der Waals surface area contributed by atoms with Gasteiger partial charge in [-0.3, -0.25) is 4.57 Å². The van der Waals surface area contributed by atoms with Gasteiger partial charge < -0.3 is 15.2 Å². The molecule has 0 bridgehead atoms. The number of rotatable bonds is 3. The highest BCUT2D eigenvalue weighted by Gasteiger charge is 2.27. The van der Waals surface area contributed by atoms with Gasteiger partial charge in [0.25, 0.3) is 0 Å². The molecule has 0 spiro atoms. The number of halogens is 1. The van der Waals surface area contributed by atoms with E-state index < -0.39 is 0 Å². The van der Waals surface area contributed by atoms with Gasteiger partial charge in [0, 0.05) is 22.1 Å². The number of aryl methyl sites for hydroxylation is 1. The van der Waals surface area contributed by atoms with Crippen LogP contribution in [0.3, 0.4) is 0 Å². The van der Waals surface area contributed by atoms with Crippen LogP contribution in [0.1, 0.15) is 30.1 Å². The number of methoxy groups -OCH3 is 2. The number of aromatic nitrogens is 3. The van der Waals surface area contributed by atoms with E-state index in [4.69, 9.17) is 26.8 Å². The number of nitrogens with two attached hydrogens (primary N) is 1. The van der Waals surface area contributed by atoms with Crippen molar-refractivity contribution in [2.24, 2.45) is 5.73 Å². The van der Waals surface area contributed by atoms with Gasteiger partial charge in [0.1, 0.15) is 0 Å². The maximum atomic E-state index is 6.46. The molecule has 1 unspecified atom stereocenters. The first-order valence-corrected chi connectivity index (χ1v) is 8.56. The van der Waals surface area contributed by atoms with E-state index >= 15 is 0 Å². The summed E-state index contributed by atoms with van der Waals surface area (Å²) in [6, 6.07) is 7.42. The third kappa shape index (κ3) is 2.62. The summed E-state index contributed by atoms with van der Waals surface area (Å²) in [5.74, 6) is 1.37. The molecule has 4 rings (SSSR count). The van der Waals surface area contributed by atoms with Crippen LogP contribution in [0.4, 0.5) is 0 Å². The summed E-state index contributed by atoms with van der Waals surface area (Å²) in [6.07, 6.45) is 2.95. The zero-order chi connectivity index (χ0) is 17.6. The third-order valence-corrected chi connectivity index (χ3v) is 4.89. The molecule has 6 nitrogen and oxygen atoms in total. The minimum absolute atomic E-state index is 0.0734. The molecular weight excluding hydrogens is 340 g/mol. The lowest BCUT2D eigenvalue weighted by molar-refractivity contribution is 0.370. The van der Waals surface area contributed by atoms with Crippen LogP contribution in [-0.2, 0) is 6.42 Å². The summed E-state index contributed by atoms with van der Waals surface area (Å²) in [5, 5.41) is 1.80. The van der Waals surface area contributed by atoms with Crippen molar-refractivity contribution in [2.45, 2.75) is 25.3 Å². The average molecular weight is 359 g/mol. The molecule has 1 aliphatic carbocycles.